The summed E-state index contributed by atoms with van der Waals surface area (Å²) in [7, 11) is -3.48. The number of hydrogen-bond donors (Lipinski definition) is 0. The van der Waals surface area contributed by atoms with Gasteiger partial charge in [0, 0.05) is 12.4 Å². The highest BCUT2D eigenvalue weighted by Crippen LogP contribution is 2.30. The predicted octanol–water partition coefficient (Wildman–Crippen LogP) is 5.32. The van der Waals surface area contributed by atoms with E-state index in [2.05, 4.69) is 4.98 Å². The maximum absolute atomic E-state index is 13.6. The highest BCUT2D eigenvalue weighted by molar-refractivity contribution is 7.92. The second kappa shape index (κ2) is 9.71. The number of rotatable bonds is 9. The van der Waals surface area contributed by atoms with Gasteiger partial charge in [-0.3, -0.25) is 9.29 Å². The van der Waals surface area contributed by atoms with E-state index in [1.807, 2.05) is 13.0 Å². The van der Waals surface area contributed by atoms with Crippen molar-refractivity contribution in [2.75, 3.05) is 10.1 Å². The Balaban J connectivity index is 1.85. The summed E-state index contributed by atoms with van der Waals surface area (Å²) in [4.78, 5) is 4.06. The van der Waals surface area contributed by atoms with Gasteiger partial charge in [0.1, 0.15) is 17.3 Å². The van der Waals surface area contributed by atoms with Gasteiger partial charge in [0.15, 0.2) is 0 Å². The van der Waals surface area contributed by atoms with E-state index in [0.29, 0.717) is 23.6 Å². The highest BCUT2D eigenvalue weighted by atomic mass is 32.2. The molecule has 5 nitrogen and oxygen atoms in total. The number of anilines is 1. The number of aryl methyl sites for hydroxylation is 1. The topological polar surface area (TPSA) is 59.5 Å². The maximum Gasteiger partial charge on any atom is 0.235 e. The molecule has 158 valence electrons. The van der Waals surface area contributed by atoms with Gasteiger partial charge in [-0.15, -0.1) is 0 Å². The van der Waals surface area contributed by atoms with E-state index in [4.69, 9.17) is 4.74 Å². The molecule has 0 spiro atoms. The molecule has 0 aliphatic heterocycles. The van der Waals surface area contributed by atoms with Crippen LogP contribution in [0.5, 0.6) is 11.5 Å². The number of sulfonamides is 1. The van der Waals surface area contributed by atoms with Crippen molar-refractivity contribution >= 4 is 15.7 Å². The van der Waals surface area contributed by atoms with Crippen LogP contribution in [0.25, 0.3) is 0 Å². The van der Waals surface area contributed by atoms with Crippen molar-refractivity contribution in [2.45, 2.75) is 33.2 Å². The number of halogens is 1. The molecule has 0 fully saturated rings. The third kappa shape index (κ3) is 5.36. The summed E-state index contributed by atoms with van der Waals surface area (Å²) in [5, 5.41) is 0. The SMILES string of the molecule is CCCc1cc(F)ccc1Oc1ccc(N(Cc2cccnc2)S(=O)(=O)CC)cc1. The van der Waals surface area contributed by atoms with Gasteiger partial charge in [-0.05, 0) is 73.0 Å². The molecule has 1 aromatic heterocycles. The Bertz CT molecular complexity index is 1070. The molecule has 0 bridgehead atoms. The van der Waals surface area contributed by atoms with Gasteiger partial charge in [-0.1, -0.05) is 19.4 Å². The second-order valence-corrected chi connectivity index (χ2v) is 9.05. The molecule has 0 radical (unpaired) electrons. The van der Waals surface area contributed by atoms with E-state index in [1.54, 1.807) is 55.7 Å². The first-order chi connectivity index (χ1) is 14.4. The molecule has 2 aromatic carbocycles. The molecule has 0 atom stereocenters. The fourth-order valence-corrected chi connectivity index (χ4v) is 4.18. The molecule has 3 aromatic rings. The van der Waals surface area contributed by atoms with Crippen LogP contribution in [-0.4, -0.2) is 19.2 Å². The van der Waals surface area contributed by atoms with Crippen LogP contribution < -0.4 is 9.04 Å². The summed E-state index contributed by atoms with van der Waals surface area (Å²) in [5.74, 6) is 0.843. The van der Waals surface area contributed by atoms with Crippen molar-refractivity contribution in [3.05, 3.63) is 83.9 Å². The maximum atomic E-state index is 13.6. The average Bonchev–Trinajstić information content (AvgIpc) is 2.75. The van der Waals surface area contributed by atoms with Gasteiger partial charge < -0.3 is 4.74 Å². The van der Waals surface area contributed by atoms with E-state index >= 15 is 0 Å². The third-order valence-electron chi connectivity index (χ3n) is 4.64. The quantitative estimate of drug-likeness (QED) is 0.463. The van der Waals surface area contributed by atoms with E-state index in [1.165, 1.54) is 16.4 Å². The normalized spacial score (nSPS) is 11.3. The van der Waals surface area contributed by atoms with Crippen molar-refractivity contribution in [1.82, 2.24) is 4.98 Å². The van der Waals surface area contributed by atoms with Crippen molar-refractivity contribution in [3.8, 4) is 11.5 Å². The molecule has 3 rings (SSSR count). The van der Waals surface area contributed by atoms with Gasteiger partial charge in [0.2, 0.25) is 10.0 Å². The van der Waals surface area contributed by atoms with E-state index < -0.39 is 10.0 Å². The van der Waals surface area contributed by atoms with Crippen LogP contribution in [0.1, 0.15) is 31.4 Å². The van der Waals surface area contributed by atoms with Crippen LogP contribution in [0.3, 0.4) is 0 Å². The molecule has 30 heavy (non-hydrogen) atoms. The van der Waals surface area contributed by atoms with Crippen molar-refractivity contribution < 1.29 is 17.5 Å². The van der Waals surface area contributed by atoms with Crippen molar-refractivity contribution in [3.63, 3.8) is 0 Å². The smallest absolute Gasteiger partial charge is 0.235 e. The second-order valence-electron chi connectivity index (χ2n) is 6.87. The number of aromatic nitrogens is 1. The van der Waals surface area contributed by atoms with Crippen molar-refractivity contribution in [1.29, 1.82) is 0 Å². The first kappa shape index (κ1) is 21.8. The lowest BCUT2D eigenvalue weighted by Crippen LogP contribution is -2.31. The lowest BCUT2D eigenvalue weighted by atomic mass is 10.1. The summed E-state index contributed by atoms with van der Waals surface area (Å²) in [6.07, 6.45) is 4.88. The Morgan fingerprint density at radius 3 is 2.47 bits per heavy atom. The van der Waals surface area contributed by atoms with E-state index in [9.17, 15) is 12.8 Å². The Hall–Kier alpha value is -2.93. The van der Waals surface area contributed by atoms with Gasteiger partial charge >= 0.3 is 0 Å². The molecule has 0 aliphatic carbocycles. The lowest BCUT2D eigenvalue weighted by Gasteiger charge is -2.24. The van der Waals surface area contributed by atoms with Gasteiger partial charge in [-0.25, -0.2) is 12.8 Å². The molecule has 0 amide bonds. The Morgan fingerprint density at radius 1 is 1.07 bits per heavy atom. The molecule has 0 saturated heterocycles. The standard InChI is InChI=1S/C23H25FN2O3S/c1-3-6-19-15-20(24)8-13-23(19)29-22-11-9-21(10-12-22)26(30(27,28)4-2)17-18-7-5-14-25-16-18/h5,7-16H,3-4,6,17H2,1-2H3. The first-order valence-corrected chi connectivity index (χ1v) is 11.5. The van der Waals surface area contributed by atoms with E-state index in [0.717, 1.165) is 17.5 Å². The number of benzene rings is 2. The fourth-order valence-electron chi connectivity index (χ4n) is 3.08. The number of pyridine rings is 1. The molecular formula is C23H25FN2O3S. The monoisotopic (exact) mass is 428 g/mol. The number of hydrogen-bond acceptors (Lipinski definition) is 4. The molecule has 1 heterocycles. The largest absolute Gasteiger partial charge is 0.457 e. The minimum Gasteiger partial charge on any atom is -0.457 e. The first-order valence-electron chi connectivity index (χ1n) is 9.88. The molecule has 7 heteroatoms. The third-order valence-corrected chi connectivity index (χ3v) is 6.39. The van der Waals surface area contributed by atoms with Gasteiger partial charge in [0.25, 0.3) is 0 Å². The summed E-state index contributed by atoms with van der Waals surface area (Å²) in [6, 6.07) is 14.9. The lowest BCUT2D eigenvalue weighted by molar-refractivity contribution is 0.473. The van der Waals surface area contributed by atoms with Crippen LogP contribution in [0.15, 0.2) is 67.0 Å². The summed E-state index contributed by atoms with van der Waals surface area (Å²) in [5.41, 5.74) is 2.14. The molecule has 0 aliphatic rings. The zero-order valence-corrected chi connectivity index (χ0v) is 17.9. The number of ether oxygens (including phenoxy) is 1. The zero-order valence-electron chi connectivity index (χ0n) is 17.1. The van der Waals surface area contributed by atoms with Crippen molar-refractivity contribution in [2.24, 2.45) is 0 Å². The molecule has 0 N–H and O–H groups in total. The van der Waals surface area contributed by atoms with Crippen LogP contribution in [0, 0.1) is 5.82 Å². The van der Waals surface area contributed by atoms with Crippen LogP contribution in [0.4, 0.5) is 10.1 Å². The fraction of sp³-hybridized carbons (Fsp3) is 0.261. The molecule has 0 unspecified atom stereocenters. The predicted molar refractivity (Wildman–Crippen MR) is 117 cm³/mol. The van der Waals surface area contributed by atoms with Crippen LogP contribution in [-0.2, 0) is 23.0 Å². The molecular weight excluding hydrogens is 403 g/mol. The Morgan fingerprint density at radius 2 is 1.83 bits per heavy atom. The average molecular weight is 429 g/mol. The summed E-state index contributed by atoms with van der Waals surface area (Å²) < 4.78 is 46.2. The summed E-state index contributed by atoms with van der Waals surface area (Å²) >= 11 is 0. The minimum absolute atomic E-state index is 0.0124. The van der Waals surface area contributed by atoms with Gasteiger partial charge in [-0.2, -0.15) is 0 Å². The van der Waals surface area contributed by atoms with Gasteiger partial charge in [0.05, 0.1) is 18.0 Å². The Kier molecular flexibility index (Phi) is 7.05. The van der Waals surface area contributed by atoms with Crippen LogP contribution >= 0.6 is 0 Å². The van der Waals surface area contributed by atoms with E-state index in [-0.39, 0.29) is 18.1 Å². The molecule has 0 saturated carbocycles. The minimum atomic E-state index is -3.48. The number of nitrogens with zero attached hydrogens (tertiary/aromatic N) is 2. The van der Waals surface area contributed by atoms with Crippen LogP contribution in [0.2, 0.25) is 0 Å². The zero-order chi connectivity index (χ0) is 21.6. The Labute approximate surface area is 177 Å². The summed E-state index contributed by atoms with van der Waals surface area (Å²) in [6.45, 7) is 3.84. The highest BCUT2D eigenvalue weighted by Gasteiger charge is 2.21.